The van der Waals surface area contributed by atoms with Gasteiger partial charge in [-0.3, -0.25) is 0 Å². The van der Waals surface area contributed by atoms with Crippen LogP contribution in [-0.2, 0) is 10.0 Å². The molecule has 0 radical (unpaired) electrons. The zero-order valence-corrected chi connectivity index (χ0v) is 11.0. The molecule has 1 aromatic heterocycles. The highest BCUT2D eigenvalue weighted by Gasteiger charge is 2.32. The minimum atomic E-state index is -3.37. The van der Waals surface area contributed by atoms with Gasteiger partial charge in [-0.05, 0) is 24.5 Å². The predicted octanol–water partition coefficient (Wildman–Crippen LogP) is 2.59. The topological polar surface area (TPSA) is 37.4 Å². The zero-order valence-electron chi connectivity index (χ0n) is 8.65. The molecule has 1 aromatic rings. The summed E-state index contributed by atoms with van der Waals surface area (Å²) in [5, 5.41) is 0. The Morgan fingerprint density at radius 1 is 1.50 bits per heavy atom. The van der Waals surface area contributed by atoms with E-state index in [0.29, 0.717) is 21.6 Å². The van der Waals surface area contributed by atoms with Gasteiger partial charge in [-0.15, -0.1) is 18.3 Å². The molecule has 0 bridgehead atoms. The van der Waals surface area contributed by atoms with Crippen molar-refractivity contribution in [3.63, 3.8) is 0 Å². The largest absolute Gasteiger partial charge is 0.255 e. The maximum atomic E-state index is 12.2. The first-order chi connectivity index (χ1) is 7.50. The third-order valence-electron chi connectivity index (χ3n) is 2.48. The molecule has 2 heterocycles. The van der Waals surface area contributed by atoms with Crippen molar-refractivity contribution in [2.24, 2.45) is 0 Å². The lowest BCUT2D eigenvalue weighted by Gasteiger charge is -2.26. The maximum Gasteiger partial charge on any atom is 0.255 e. The number of hydrogen-bond donors (Lipinski definition) is 0. The van der Waals surface area contributed by atoms with Gasteiger partial charge >= 0.3 is 0 Å². The molecule has 0 aliphatic carbocycles. The summed E-state index contributed by atoms with van der Waals surface area (Å²) in [6.07, 6.45) is 1.76. The van der Waals surface area contributed by atoms with Crippen LogP contribution in [0.4, 0.5) is 0 Å². The Hall–Kier alpha value is -0.230. The highest BCUT2D eigenvalue weighted by atomic mass is 35.5. The van der Waals surface area contributed by atoms with Crippen LogP contribution in [0.25, 0.3) is 0 Å². The van der Waals surface area contributed by atoms with E-state index < -0.39 is 10.0 Å². The summed E-state index contributed by atoms with van der Waals surface area (Å²) in [4.78, 5) is 0. The van der Waals surface area contributed by atoms with Crippen LogP contribution in [0.3, 0.4) is 0 Å². The van der Waals surface area contributed by atoms with Gasteiger partial charge in [0.1, 0.15) is 10.8 Å². The first kappa shape index (κ1) is 12.2. The minimum Gasteiger partial charge on any atom is -0.206 e. The molecule has 1 saturated heterocycles. The number of sulfonamides is 1. The molecule has 16 heavy (non-hydrogen) atoms. The smallest absolute Gasteiger partial charge is 0.206 e. The van der Waals surface area contributed by atoms with E-state index in [4.69, 9.17) is 11.6 Å². The zero-order chi connectivity index (χ0) is 11.8. The normalized spacial score (nSPS) is 19.0. The monoisotopic (exact) mass is 277 g/mol. The van der Waals surface area contributed by atoms with Gasteiger partial charge in [0.15, 0.2) is 0 Å². The molecule has 88 valence electrons. The van der Waals surface area contributed by atoms with E-state index in [-0.39, 0.29) is 0 Å². The molecule has 1 aliphatic rings. The summed E-state index contributed by atoms with van der Waals surface area (Å²) >= 11 is 6.85. The molecule has 0 atom stereocenters. The summed E-state index contributed by atoms with van der Waals surface area (Å²) in [6.45, 7) is 4.84. The highest BCUT2D eigenvalue weighted by molar-refractivity contribution is 7.91. The molecule has 1 fully saturated rings. The van der Waals surface area contributed by atoms with Gasteiger partial charge in [-0.1, -0.05) is 11.6 Å². The molecule has 0 spiro atoms. The lowest BCUT2D eigenvalue weighted by atomic mass is 10.0. The lowest BCUT2D eigenvalue weighted by Crippen LogP contribution is -2.38. The van der Waals surface area contributed by atoms with Crippen molar-refractivity contribution >= 4 is 33.0 Å². The average molecular weight is 278 g/mol. The number of rotatable bonds is 2. The number of piperidine rings is 1. The van der Waals surface area contributed by atoms with Gasteiger partial charge in [0.25, 0.3) is 10.0 Å². The second-order valence-electron chi connectivity index (χ2n) is 3.75. The van der Waals surface area contributed by atoms with Crippen LogP contribution < -0.4 is 0 Å². The molecule has 2 rings (SSSR count). The maximum absolute atomic E-state index is 12.2. The van der Waals surface area contributed by atoms with E-state index in [1.165, 1.54) is 4.31 Å². The molecular weight excluding hydrogens is 266 g/mol. The fourth-order valence-electron chi connectivity index (χ4n) is 1.68. The van der Waals surface area contributed by atoms with Crippen LogP contribution >= 0.6 is 22.9 Å². The molecule has 6 heteroatoms. The first-order valence-electron chi connectivity index (χ1n) is 4.92. The van der Waals surface area contributed by atoms with Gasteiger partial charge in [-0.2, -0.15) is 4.31 Å². The summed E-state index contributed by atoms with van der Waals surface area (Å²) in [5.74, 6) is 0.970. The molecule has 1 aliphatic heterocycles. The fourth-order valence-corrected chi connectivity index (χ4v) is 4.82. The Balaban J connectivity index is 2.25. The van der Waals surface area contributed by atoms with Crippen molar-refractivity contribution in [1.29, 1.82) is 0 Å². The SMILES string of the molecule is [CH2-][C+]1CCCN(S(=O)(=O)c2ccc(Cl)s2)C1. The molecule has 0 saturated carbocycles. The minimum absolute atomic E-state index is 0.312. The summed E-state index contributed by atoms with van der Waals surface area (Å²) < 4.78 is 26.6. The Morgan fingerprint density at radius 2 is 2.25 bits per heavy atom. The Labute approximate surface area is 105 Å². The van der Waals surface area contributed by atoms with E-state index >= 15 is 0 Å². The molecule has 0 unspecified atom stereocenters. The summed E-state index contributed by atoms with van der Waals surface area (Å²) in [5.41, 5.74) is 0. The third kappa shape index (κ3) is 2.37. The van der Waals surface area contributed by atoms with Gasteiger partial charge in [0, 0.05) is 6.54 Å². The third-order valence-corrected chi connectivity index (χ3v) is 6.02. The fraction of sp³-hybridized carbons (Fsp3) is 0.400. The van der Waals surface area contributed by atoms with Crippen molar-refractivity contribution < 1.29 is 8.42 Å². The number of nitrogens with zero attached hydrogens (tertiary/aromatic N) is 1. The van der Waals surface area contributed by atoms with E-state index in [1.807, 2.05) is 0 Å². The number of hydrogen-bond acceptors (Lipinski definition) is 3. The van der Waals surface area contributed by atoms with Crippen LogP contribution in [0, 0.1) is 12.8 Å². The molecule has 0 amide bonds. The summed E-state index contributed by atoms with van der Waals surface area (Å²) in [6, 6.07) is 3.16. The van der Waals surface area contributed by atoms with Crippen molar-refractivity contribution in [3.8, 4) is 0 Å². The molecule has 0 N–H and O–H groups in total. The van der Waals surface area contributed by atoms with E-state index in [9.17, 15) is 8.42 Å². The summed E-state index contributed by atoms with van der Waals surface area (Å²) in [7, 11) is -3.37. The highest BCUT2D eigenvalue weighted by Crippen LogP contribution is 2.30. The Morgan fingerprint density at radius 3 is 2.81 bits per heavy atom. The van der Waals surface area contributed by atoms with Crippen molar-refractivity contribution in [2.75, 3.05) is 13.1 Å². The number of halogens is 1. The van der Waals surface area contributed by atoms with Gasteiger partial charge in [0.2, 0.25) is 0 Å². The van der Waals surface area contributed by atoms with Crippen LogP contribution in [0.5, 0.6) is 0 Å². The Kier molecular flexibility index (Phi) is 3.49. The second kappa shape index (κ2) is 4.56. The van der Waals surface area contributed by atoms with E-state index in [2.05, 4.69) is 6.92 Å². The number of thiophene rings is 1. The van der Waals surface area contributed by atoms with Crippen LogP contribution in [0.1, 0.15) is 12.8 Å². The first-order valence-corrected chi connectivity index (χ1v) is 7.56. The van der Waals surface area contributed by atoms with Crippen LogP contribution in [-0.4, -0.2) is 25.8 Å². The molecular formula is C10H12ClNO2S2. The molecule has 3 nitrogen and oxygen atoms in total. The van der Waals surface area contributed by atoms with Crippen LogP contribution in [0.15, 0.2) is 16.3 Å². The van der Waals surface area contributed by atoms with Crippen LogP contribution in [0.2, 0.25) is 4.34 Å². The van der Waals surface area contributed by atoms with Gasteiger partial charge < -0.3 is 0 Å². The van der Waals surface area contributed by atoms with Crippen molar-refractivity contribution in [2.45, 2.75) is 17.1 Å². The second-order valence-corrected chi connectivity index (χ2v) is 7.63. The average Bonchev–Trinajstić information content (AvgIpc) is 2.65. The lowest BCUT2D eigenvalue weighted by molar-refractivity contribution is 0.375. The van der Waals surface area contributed by atoms with Gasteiger partial charge in [0.05, 0.1) is 10.8 Å². The van der Waals surface area contributed by atoms with Crippen molar-refractivity contribution in [3.05, 3.63) is 29.3 Å². The van der Waals surface area contributed by atoms with Crippen molar-refractivity contribution in [1.82, 2.24) is 4.31 Å². The van der Waals surface area contributed by atoms with E-state index in [1.54, 1.807) is 12.1 Å². The van der Waals surface area contributed by atoms with E-state index in [0.717, 1.165) is 30.1 Å². The predicted molar refractivity (Wildman–Crippen MR) is 65.9 cm³/mol. The standard InChI is InChI=1S/C10H12ClNO2S2/c1-8-3-2-6-12(7-8)16(13,14)10-5-4-9(11)15-10/h4-5H,1-3,6-7H2. The quantitative estimate of drug-likeness (QED) is 0.779. The van der Waals surface area contributed by atoms with Gasteiger partial charge in [-0.25, -0.2) is 8.42 Å². The Bertz CT molecular complexity index is 469. The molecule has 0 aromatic carbocycles.